The molecule has 1 aliphatic rings. The molecule has 0 radical (unpaired) electrons. The number of sulfone groups is 1. The van der Waals surface area contributed by atoms with E-state index in [4.69, 9.17) is 0 Å². The van der Waals surface area contributed by atoms with Gasteiger partial charge in [-0.05, 0) is 18.8 Å². The second-order valence-electron chi connectivity index (χ2n) is 5.20. The molecule has 1 unspecified atom stereocenters. The van der Waals surface area contributed by atoms with Crippen molar-refractivity contribution in [1.29, 1.82) is 0 Å². The molecule has 112 valence electrons. The quantitative estimate of drug-likeness (QED) is 0.824. The Labute approximate surface area is 120 Å². The van der Waals surface area contributed by atoms with Gasteiger partial charge >= 0.3 is 0 Å². The second-order valence-corrected chi connectivity index (χ2v) is 7.43. The summed E-state index contributed by atoms with van der Waals surface area (Å²) in [7, 11) is -0.976. The zero-order chi connectivity index (χ0) is 14.6. The Hall–Kier alpha value is -1.37. The van der Waals surface area contributed by atoms with Crippen LogP contribution in [0, 0.1) is 5.92 Å². The van der Waals surface area contributed by atoms with E-state index in [0.29, 0.717) is 12.3 Å². The van der Waals surface area contributed by atoms with Crippen LogP contribution in [0.3, 0.4) is 0 Å². The van der Waals surface area contributed by atoms with E-state index in [2.05, 4.69) is 27.5 Å². The van der Waals surface area contributed by atoms with Gasteiger partial charge in [-0.25, -0.2) is 18.4 Å². The van der Waals surface area contributed by atoms with Crippen LogP contribution in [0.2, 0.25) is 0 Å². The summed E-state index contributed by atoms with van der Waals surface area (Å²) >= 11 is 0. The van der Waals surface area contributed by atoms with Crippen molar-refractivity contribution in [3.63, 3.8) is 0 Å². The Balaban J connectivity index is 2.05. The van der Waals surface area contributed by atoms with Crippen molar-refractivity contribution in [2.24, 2.45) is 5.92 Å². The molecule has 2 heterocycles. The van der Waals surface area contributed by atoms with Crippen LogP contribution in [0.4, 0.5) is 11.6 Å². The van der Waals surface area contributed by atoms with Crippen LogP contribution in [0.5, 0.6) is 0 Å². The maximum absolute atomic E-state index is 11.5. The minimum absolute atomic E-state index is 0.183. The monoisotopic (exact) mass is 298 g/mol. The lowest BCUT2D eigenvalue weighted by atomic mass is 10.1. The molecule has 0 amide bonds. The zero-order valence-corrected chi connectivity index (χ0v) is 12.8. The molecule has 1 aliphatic heterocycles. The number of anilines is 2. The summed E-state index contributed by atoms with van der Waals surface area (Å²) in [5.74, 6) is 2.43. The van der Waals surface area contributed by atoms with Gasteiger partial charge in [0.05, 0.1) is 11.5 Å². The summed E-state index contributed by atoms with van der Waals surface area (Å²) in [6.45, 7) is 2.76. The van der Waals surface area contributed by atoms with Crippen LogP contribution in [0.1, 0.15) is 25.3 Å². The SMILES string of the molecule is CCCc1c(NC)ncnc1NCC1CCS(=O)(=O)C1. The van der Waals surface area contributed by atoms with Crippen molar-refractivity contribution in [1.82, 2.24) is 9.97 Å². The number of nitrogens with zero attached hydrogens (tertiary/aromatic N) is 2. The Bertz CT molecular complexity index is 559. The lowest BCUT2D eigenvalue weighted by Crippen LogP contribution is -2.18. The highest BCUT2D eigenvalue weighted by atomic mass is 32.2. The molecule has 1 fully saturated rings. The van der Waals surface area contributed by atoms with E-state index in [-0.39, 0.29) is 11.7 Å². The van der Waals surface area contributed by atoms with Gasteiger partial charge in [-0.1, -0.05) is 13.3 Å². The molecule has 1 aromatic heterocycles. The van der Waals surface area contributed by atoms with Crippen molar-refractivity contribution in [3.8, 4) is 0 Å². The van der Waals surface area contributed by atoms with Gasteiger partial charge in [0.1, 0.15) is 18.0 Å². The number of hydrogen-bond acceptors (Lipinski definition) is 6. The fraction of sp³-hybridized carbons (Fsp3) is 0.692. The zero-order valence-electron chi connectivity index (χ0n) is 12.0. The number of nitrogens with one attached hydrogen (secondary N) is 2. The summed E-state index contributed by atoms with van der Waals surface area (Å²) < 4.78 is 22.9. The van der Waals surface area contributed by atoms with Gasteiger partial charge in [-0.2, -0.15) is 0 Å². The highest BCUT2D eigenvalue weighted by molar-refractivity contribution is 7.91. The van der Waals surface area contributed by atoms with Crippen LogP contribution in [0.15, 0.2) is 6.33 Å². The normalized spacial score (nSPS) is 20.8. The molecule has 0 bridgehead atoms. The van der Waals surface area contributed by atoms with Gasteiger partial charge in [0.2, 0.25) is 0 Å². The average Bonchev–Trinajstić information content (AvgIpc) is 2.77. The van der Waals surface area contributed by atoms with E-state index in [0.717, 1.165) is 36.5 Å². The molecule has 0 aromatic carbocycles. The van der Waals surface area contributed by atoms with Gasteiger partial charge in [0, 0.05) is 19.2 Å². The Morgan fingerprint density at radius 2 is 2.10 bits per heavy atom. The molecule has 2 rings (SSSR count). The predicted molar refractivity (Wildman–Crippen MR) is 80.8 cm³/mol. The summed E-state index contributed by atoms with van der Waals surface area (Å²) in [5.41, 5.74) is 1.07. The third-order valence-electron chi connectivity index (χ3n) is 3.57. The molecule has 1 atom stereocenters. The minimum Gasteiger partial charge on any atom is -0.373 e. The van der Waals surface area contributed by atoms with Crippen molar-refractivity contribution in [2.75, 3.05) is 35.7 Å². The molecule has 0 aliphatic carbocycles. The fourth-order valence-corrected chi connectivity index (χ4v) is 4.40. The molecule has 20 heavy (non-hydrogen) atoms. The van der Waals surface area contributed by atoms with Crippen molar-refractivity contribution in [3.05, 3.63) is 11.9 Å². The maximum Gasteiger partial charge on any atom is 0.150 e. The van der Waals surface area contributed by atoms with E-state index in [9.17, 15) is 8.42 Å². The van der Waals surface area contributed by atoms with Crippen LogP contribution >= 0.6 is 0 Å². The van der Waals surface area contributed by atoms with Crippen molar-refractivity contribution >= 4 is 21.5 Å². The maximum atomic E-state index is 11.5. The number of aromatic nitrogens is 2. The van der Waals surface area contributed by atoms with E-state index in [1.165, 1.54) is 6.33 Å². The molecular weight excluding hydrogens is 276 g/mol. The van der Waals surface area contributed by atoms with E-state index in [1.54, 1.807) is 0 Å². The minimum atomic E-state index is -2.82. The lowest BCUT2D eigenvalue weighted by molar-refractivity contribution is 0.595. The summed E-state index contributed by atoms with van der Waals surface area (Å²) in [4.78, 5) is 8.51. The fourth-order valence-electron chi connectivity index (χ4n) is 2.54. The first-order valence-corrected chi connectivity index (χ1v) is 8.83. The standard InChI is InChI=1S/C13H22N4O2S/c1-3-4-11-12(14-2)16-9-17-13(11)15-7-10-5-6-20(18,19)8-10/h9-10H,3-8H2,1-2H3,(H2,14,15,16,17). The molecule has 0 spiro atoms. The molecule has 0 saturated carbocycles. The van der Waals surface area contributed by atoms with Gasteiger partial charge in [-0.3, -0.25) is 0 Å². The number of rotatable bonds is 6. The van der Waals surface area contributed by atoms with Crippen LogP contribution in [0.25, 0.3) is 0 Å². The summed E-state index contributed by atoms with van der Waals surface area (Å²) in [5, 5.41) is 6.37. The molecule has 7 heteroatoms. The first kappa shape index (κ1) is 15.0. The number of hydrogen-bond donors (Lipinski definition) is 2. The van der Waals surface area contributed by atoms with Crippen LogP contribution in [-0.2, 0) is 16.3 Å². The van der Waals surface area contributed by atoms with Crippen molar-refractivity contribution < 1.29 is 8.42 Å². The Morgan fingerprint density at radius 1 is 1.35 bits per heavy atom. The molecular formula is C13H22N4O2S. The Kier molecular flexibility index (Phi) is 4.80. The predicted octanol–water partition coefficient (Wildman–Crippen LogP) is 1.32. The smallest absolute Gasteiger partial charge is 0.150 e. The van der Waals surface area contributed by atoms with Gasteiger partial charge in [-0.15, -0.1) is 0 Å². The van der Waals surface area contributed by atoms with E-state index < -0.39 is 9.84 Å². The van der Waals surface area contributed by atoms with Crippen LogP contribution < -0.4 is 10.6 Å². The highest BCUT2D eigenvalue weighted by Crippen LogP contribution is 2.23. The van der Waals surface area contributed by atoms with Crippen molar-refractivity contribution in [2.45, 2.75) is 26.2 Å². The van der Waals surface area contributed by atoms with Gasteiger partial charge in [0.25, 0.3) is 0 Å². The largest absolute Gasteiger partial charge is 0.373 e. The topological polar surface area (TPSA) is 84.0 Å². The highest BCUT2D eigenvalue weighted by Gasteiger charge is 2.27. The molecule has 6 nitrogen and oxygen atoms in total. The van der Waals surface area contributed by atoms with Gasteiger partial charge < -0.3 is 10.6 Å². The third-order valence-corrected chi connectivity index (χ3v) is 5.40. The van der Waals surface area contributed by atoms with E-state index in [1.807, 2.05) is 7.05 Å². The first-order valence-electron chi connectivity index (χ1n) is 7.01. The molecule has 1 saturated heterocycles. The molecule has 1 aromatic rings. The average molecular weight is 298 g/mol. The van der Waals surface area contributed by atoms with Crippen LogP contribution in [-0.4, -0.2) is 43.5 Å². The third kappa shape index (κ3) is 3.59. The Morgan fingerprint density at radius 3 is 2.70 bits per heavy atom. The summed E-state index contributed by atoms with van der Waals surface area (Å²) in [6, 6.07) is 0. The lowest BCUT2D eigenvalue weighted by Gasteiger charge is -2.15. The first-order chi connectivity index (χ1) is 9.55. The summed E-state index contributed by atoms with van der Waals surface area (Å²) in [6.07, 6.45) is 4.16. The molecule has 2 N–H and O–H groups in total. The second kappa shape index (κ2) is 6.39. The van der Waals surface area contributed by atoms with Gasteiger partial charge in [0.15, 0.2) is 9.84 Å². The van der Waals surface area contributed by atoms with E-state index >= 15 is 0 Å².